The Bertz CT molecular complexity index is 431. The third-order valence-electron chi connectivity index (χ3n) is 2.73. The van der Waals surface area contributed by atoms with Gasteiger partial charge in [0.05, 0.1) is 26.9 Å². The van der Waals surface area contributed by atoms with E-state index in [2.05, 4.69) is 0 Å². The van der Waals surface area contributed by atoms with E-state index in [4.69, 9.17) is 24.1 Å². The third kappa shape index (κ3) is 2.16. The smallest absolute Gasteiger partial charge is 0.231 e. The first kappa shape index (κ1) is 12.8. The highest BCUT2D eigenvalue weighted by atomic mass is 16.7. The Balaban J connectivity index is 2.45. The lowest BCUT2D eigenvalue weighted by atomic mass is 10.1. The maximum absolute atomic E-state index is 9.53. The summed E-state index contributed by atoms with van der Waals surface area (Å²) in [5.74, 6) is 1.98. The standard InChI is InChI=1S/C12H16O6/c1-15-9-4-7(3-8(14)5-13)10(16-2)12-11(9)17-6-18-12/h4,8,13-14H,3,5-6H2,1-2H3/t8-/m0/s1. The largest absolute Gasteiger partial charge is 0.493 e. The number of aliphatic hydroxyl groups excluding tert-OH is 2. The Morgan fingerprint density at radius 1 is 1.28 bits per heavy atom. The van der Waals surface area contributed by atoms with Crippen LogP contribution in [0.1, 0.15) is 5.56 Å². The number of benzene rings is 1. The highest BCUT2D eigenvalue weighted by Crippen LogP contribution is 2.49. The molecule has 0 fully saturated rings. The van der Waals surface area contributed by atoms with E-state index in [0.29, 0.717) is 28.6 Å². The molecule has 0 radical (unpaired) electrons. The Morgan fingerprint density at radius 3 is 2.61 bits per heavy atom. The van der Waals surface area contributed by atoms with Crippen molar-refractivity contribution in [1.29, 1.82) is 0 Å². The van der Waals surface area contributed by atoms with Gasteiger partial charge in [-0.2, -0.15) is 0 Å². The van der Waals surface area contributed by atoms with Crippen LogP contribution in [0.5, 0.6) is 23.0 Å². The predicted molar refractivity (Wildman–Crippen MR) is 62.5 cm³/mol. The topological polar surface area (TPSA) is 77.4 Å². The van der Waals surface area contributed by atoms with Crippen LogP contribution in [0.3, 0.4) is 0 Å². The normalized spacial score (nSPS) is 14.4. The van der Waals surface area contributed by atoms with Crippen molar-refractivity contribution in [2.24, 2.45) is 0 Å². The molecule has 6 nitrogen and oxygen atoms in total. The van der Waals surface area contributed by atoms with Crippen LogP contribution in [0.4, 0.5) is 0 Å². The number of hydrogen-bond donors (Lipinski definition) is 2. The molecule has 0 amide bonds. The van der Waals surface area contributed by atoms with Crippen LogP contribution in [-0.2, 0) is 6.42 Å². The van der Waals surface area contributed by atoms with Gasteiger partial charge in [-0.25, -0.2) is 0 Å². The molecule has 6 heteroatoms. The van der Waals surface area contributed by atoms with E-state index in [1.807, 2.05) is 0 Å². The lowest BCUT2D eigenvalue weighted by molar-refractivity contribution is 0.0948. The molecule has 0 aromatic heterocycles. The number of ether oxygens (including phenoxy) is 4. The zero-order chi connectivity index (χ0) is 13.1. The van der Waals surface area contributed by atoms with Crippen molar-refractivity contribution in [3.05, 3.63) is 11.6 Å². The molecule has 0 unspecified atom stereocenters. The van der Waals surface area contributed by atoms with Gasteiger partial charge in [0.15, 0.2) is 11.5 Å². The number of methoxy groups -OCH3 is 2. The monoisotopic (exact) mass is 256 g/mol. The van der Waals surface area contributed by atoms with Gasteiger partial charge in [-0.3, -0.25) is 0 Å². The number of rotatable bonds is 5. The summed E-state index contributed by atoms with van der Waals surface area (Å²) in [4.78, 5) is 0. The molecule has 0 aliphatic carbocycles. The minimum atomic E-state index is -0.857. The van der Waals surface area contributed by atoms with E-state index in [1.165, 1.54) is 14.2 Å². The van der Waals surface area contributed by atoms with Gasteiger partial charge in [-0.05, 0) is 6.07 Å². The molecule has 18 heavy (non-hydrogen) atoms. The maximum Gasteiger partial charge on any atom is 0.231 e. The lowest BCUT2D eigenvalue weighted by Gasteiger charge is -2.15. The maximum atomic E-state index is 9.53. The van der Waals surface area contributed by atoms with Gasteiger partial charge in [0, 0.05) is 12.0 Å². The van der Waals surface area contributed by atoms with E-state index in [0.717, 1.165) is 0 Å². The van der Waals surface area contributed by atoms with Crippen molar-refractivity contribution in [3.63, 3.8) is 0 Å². The van der Waals surface area contributed by atoms with Crippen LogP contribution < -0.4 is 18.9 Å². The first-order chi connectivity index (χ1) is 8.71. The fourth-order valence-electron chi connectivity index (χ4n) is 1.91. The second-order valence-corrected chi connectivity index (χ2v) is 3.88. The van der Waals surface area contributed by atoms with Crippen LogP contribution in [0.2, 0.25) is 0 Å². The Labute approximate surface area is 105 Å². The van der Waals surface area contributed by atoms with E-state index >= 15 is 0 Å². The fourth-order valence-corrected chi connectivity index (χ4v) is 1.91. The first-order valence-electron chi connectivity index (χ1n) is 5.53. The summed E-state index contributed by atoms with van der Waals surface area (Å²) in [6, 6.07) is 1.71. The molecule has 1 aliphatic rings. The van der Waals surface area contributed by atoms with Crippen molar-refractivity contribution < 1.29 is 29.2 Å². The summed E-state index contributed by atoms with van der Waals surface area (Å²) in [6.45, 7) is -0.214. The summed E-state index contributed by atoms with van der Waals surface area (Å²) in [5.41, 5.74) is 0.695. The zero-order valence-electron chi connectivity index (χ0n) is 10.3. The van der Waals surface area contributed by atoms with Gasteiger partial charge >= 0.3 is 0 Å². The molecular formula is C12H16O6. The molecule has 0 bridgehead atoms. The van der Waals surface area contributed by atoms with E-state index in [9.17, 15) is 5.11 Å². The number of fused-ring (bicyclic) bond motifs is 1. The highest BCUT2D eigenvalue weighted by molar-refractivity contribution is 5.64. The van der Waals surface area contributed by atoms with E-state index < -0.39 is 6.10 Å². The van der Waals surface area contributed by atoms with Crippen molar-refractivity contribution in [1.82, 2.24) is 0 Å². The van der Waals surface area contributed by atoms with Crippen LogP contribution in [0.15, 0.2) is 6.07 Å². The summed E-state index contributed by atoms with van der Waals surface area (Å²) >= 11 is 0. The molecule has 1 aromatic carbocycles. The minimum absolute atomic E-state index is 0.105. The molecule has 0 saturated heterocycles. The SMILES string of the molecule is COc1cc(C[C@H](O)CO)c(OC)c2c1OCO2. The summed E-state index contributed by atoms with van der Waals surface area (Å²) in [6.07, 6.45) is -0.615. The minimum Gasteiger partial charge on any atom is -0.493 e. The molecule has 0 spiro atoms. The van der Waals surface area contributed by atoms with Crippen molar-refractivity contribution in [2.45, 2.75) is 12.5 Å². The van der Waals surface area contributed by atoms with Crippen LogP contribution in [0.25, 0.3) is 0 Å². The van der Waals surface area contributed by atoms with Crippen molar-refractivity contribution in [3.8, 4) is 23.0 Å². The quantitative estimate of drug-likeness (QED) is 0.790. The molecule has 100 valence electrons. The lowest BCUT2D eigenvalue weighted by Crippen LogP contribution is -2.15. The molecule has 1 aliphatic heterocycles. The number of aliphatic hydroxyl groups is 2. The fraction of sp³-hybridized carbons (Fsp3) is 0.500. The van der Waals surface area contributed by atoms with E-state index in [1.54, 1.807) is 6.07 Å². The van der Waals surface area contributed by atoms with Crippen LogP contribution in [0, 0.1) is 0 Å². The van der Waals surface area contributed by atoms with Gasteiger partial charge < -0.3 is 29.2 Å². The van der Waals surface area contributed by atoms with Gasteiger partial charge in [0.25, 0.3) is 0 Å². The van der Waals surface area contributed by atoms with Crippen LogP contribution >= 0.6 is 0 Å². The molecular weight excluding hydrogens is 240 g/mol. The highest BCUT2D eigenvalue weighted by Gasteiger charge is 2.27. The molecule has 1 heterocycles. The predicted octanol–water partition coefficient (Wildman–Crippen LogP) is 0.328. The summed E-state index contributed by atoms with van der Waals surface area (Å²) < 4.78 is 21.1. The average molecular weight is 256 g/mol. The molecule has 1 aromatic rings. The Kier molecular flexibility index (Phi) is 3.78. The van der Waals surface area contributed by atoms with Crippen LogP contribution in [-0.4, -0.2) is 43.9 Å². The van der Waals surface area contributed by atoms with Gasteiger partial charge in [0.1, 0.15) is 0 Å². The third-order valence-corrected chi connectivity index (χ3v) is 2.73. The molecule has 2 rings (SSSR count). The molecule has 2 N–H and O–H groups in total. The second kappa shape index (κ2) is 5.32. The number of hydrogen-bond acceptors (Lipinski definition) is 6. The second-order valence-electron chi connectivity index (χ2n) is 3.88. The first-order valence-corrected chi connectivity index (χ1v) is 5.53. The summed E-state index contributed by atoms with van der Waals surface area (Å²) in [7, 11) is 3.04. The molecule has 1 atom stereocenters. The average Bonchev–Trinajstić information content (AvgIpc) is 2.86. The van der Waals surface area contributed by atoms with Crippen molar-refractivity contribution in [2.75, 3.05) is 27.6 Å². The Morgan fingerprint density at radius 2 is 2.00 bits per heavy atom. The van der Waals surface area contributed by atoms with Gasteiger partial charge in [0.2, 0.25) is 18.3 Å². The summed E-state index contributed by atoms with van der Waals surface area (Å²) in [5, 5.41) is 18.4. The zero-order valence-corrected chi connectivity index (χ0v) is 10.3. The van der Waals surface area contributed by atoms with E-state index in [-0.39, 0.29) is 19.8 Å². The Hall–Kier alpha value is -1.66. The van der Waals surface area contributed by atoms with Gasteiger partial charge in [-0.15, -0.1) is 0 Å². The van der Waals surface area contributed by atoms with Gasteiger partial charge in [-0.1, -0.05) is 0 Å². The molecule has 0 saturated carbocycles. The van der Waals surface area contributed by atoms with Crippen molar-refractivity contribution >= 4 is 0 Å².